The Hall–Kier alpha value is -4.32. The molecule has 0 aliphatic carbocycles. The van der Waals surface area contributed by atoms with Crippen molar-refractivity contribution >= 4 is 5.91 Å². The summed E-state index contributed by atoms with van der Waals surface area (Å²) in [5.74, 6) is 1.91. The standard InChI is InChI=1S/C29H28N2O4/c1-21(25-12-13-27(28(18-25)33-2)35-20-23-14-16-30-17-15-23)31-29(32)24-10-8-22(9-11-24)19-34-26-6-4-3-5-7-26/h3-18,21H,19-20H2,1-2H3,(H,31,32). The molecule has 0 saturated heterocycles. The highest BCUT2D eigenvalue weighted by atomic mass is 16.5. The fourth-order valence-electron chi connectivity index (χ4n) is 3.51. The maximum absolute atomic E-state index is 12.8. The summed E-state index contributed by atoms with van der Waals surface area (Å²) in [7, 11) is 1.60. The smallest absolute Gasteiger partial charge is 0.251 e. The fraction of sp³-hybridized carbons (Fsp3) is 0.172. The zero-order valence-electron chi connectivity index (χ0n) is 19.8. The average Bonchev–Trinajstić information content (AvgIpc) is 2.92. The molecule has 6 nitrogen and oxygen atoms in total. The topological polar surface area (TPSA) is 69.7 Å². The Balaban J connectivity index is 1.34. The number of pyridine rings is 1. The van der Waals surface area contributed by atoms with Crippen molar-refractivity contribution < 1.29 is 19.0 Å². The van der Waals surface area contributed by atoms with Crippen LogP contribution in [0.25, 0.3) is 0 Å². The fourth-order valence-corrected chi connectivity index (χ4v) is 3.51. The zero-order chi connectivity index (χ0) is 24.5. The van der Waals surface area contributed by atoms with Gasteiger partial charge in [0.2, 0.25) is 0 Å². The molecule has 1 aromatic heterocycles. The molecule has 35 heavy (non-hydrogen) atoms. The van der Waals surface area contributed by atoms with Crippen LogP contribution in [0.4, 0.5) is 0 Å². The summed E-state index contributed by atoms with van der Waals surface area (Å²) in [6, 6.07) is 26.3. The lowest BCUT2D eigenvalue weighted by Crippen LogP contribution is -2.26. The molecule has 4 rings (SSSR count). The maximum atomic E-state index is 12.8. The minimum atomic E-state index is -0.216. The van der Waals surface area contributed by atoms with Gasteiger partial charge in [0.05, 0.1) is 13.2 Å². The highest BCUT2D eigenvalue weighted by Gasteiger charge is 2.14. The molecule has 4 aromatic rings. The van der Waals surface area contributed by atoms with Crippen molar-refractivity contribution in [3.63, 3.8) is 0 Å². The van der Waals surface area contributed by atoms with Gasteiger partial charge in [0.1, 0.15) is 19.0 Å². The lowest BCUT2D eigenvalue weighted by molar-refractivity contribution is 0.0939. The van der Waals surface area contributed by atoms with Gasteiger partial charge in [-0.25, -0.2) is 0 Å². The number of carbonyl (C=O) groups excluding carboxylic acids is 1. The van der Waals surface area contributed by atoms with Gasteiger partial charge >= 0.3 is 0 Å². The molecular formula is C29H28N2O4. The van der Waals surface area contributed by atoms with Crippen molar-refractivity contribution in [1.29, 1.82) is 0 Å². The lowest BCUT2D eigenvalue weighted by Gasteiger charge is -2.17. The molecule has 1 amide bonds. The molecule has 1 heterocycles. The first-order valence-electron chi connectivity index (χ1n) is 11.4. The van der Waals surface area contributed by atoms with Gasteiger partial charge in [0.15, 0.2) is 11.5 Å². The molecular weight excluding hydrogens is 440 g/mol. The number of nitrogens with one attached hydrogen (secondary N) is 1. The monoisotopic (exact) mass is 468 g/mol. The molecule has 0 fully saturated rings. The molecule has 0 bridgehead atoms. The second kappa shape index (κ2) is 11.7. The highest BCUT2D eigenvalue weighted by Crippen LogP contribution is 2.31. The molecule has 0 aliphatic rings. The van der Waals surface area contributed by atoms with E-state index in [4.69, 9.17) is 14.2 Å². The van der Waals surface area contributed by atoms with E-state index in [1.165, 1.54) is 0 Å². The second-order valence-electron chi connectivity index (χ2n) is 8.05. The van der Waals surface area contributed by atoms with E-state index in [9.17, 15) is 4.79 Å². The van der Waals surface area contributed by atoms with Crippen LogP contribution in [-0.4, -0.2) is 18.0 Å². The number of hydrogen-bond acceptors (Lipinski definition) is 5. The number of carbonyl (C=O) groups is 1. The van der Waals surface area contributed by atoms with Gasteiger partial charge in [0, 0.05) is 18.0 Å². The Bertz CT molecular complexity index is 1230. The lowest BCUT2D eigenvalue weighted by atomic mass is 10.1. The molecule has 0 radical (unpaired) electrons. The number of nitrogens with zero attached hydrogens (tertiary/aromatic N) is 1. The summed E-state index contributed by atoms with van der Waals surface area (Å²) in [6.07, 6.45) is 3.46. The average molecular weight is 469 g/mol. The Morgan fingerprint density at radius 1 is 0.829 bits per heavy atom. The highest BCUT2D eigenvalue weighted by molar-refractivity contribution is 5.94. The van der Waals surface area contributed by atoms with E-state index < -0.39 is 0 Å². The molecule has 0 saturated carbocycles. The van der Waals surface area contributed by atoms with Crippen LogP contribution in [0.15, 0.2) is 97.3 Å². The van der Waals surface area contributed by atoms with Crippen molar-refractivity contribution in [2.75, 3.05) is 7.11 Å². The molecule has 1 atom stereocenters. The largest absolute Gasteiger partial charge is 0.493 e. The first-order valence-corrected chi connectivity index (χ1v) is 11.4. The van der Waals surface area contributed by atoms with E-state index in [0.717, 1.165) is 22.4 Å². The summed E-state index contributed by atoms with van der Waals surface area (Å²) < 4.78 is 17.2. The zero-order valence-corrected chi connectivity index (χ0v) is 19.8. The van der Waals surface area contributed by atoms with Crippen LogP contribution in [0.5, 0.6) is 17.2 Å². The van der Waals surface area contributed by atoms with Crippen molar-refractivity contribution in [3.05, 3.63) is 120 Å². The maximum Gasteiger partial charge on any atom is 0.251 e. The van der Waals surface area contributed by atoms with Gasteiger partial charge in [-0.2, -0.15) is 0 Å². The number of para-hydroxylation sites is 1. The molecule has 3 aromatic carbocycles. The van der Waals surface area contributed by atoms with Crippen LogP contribution in [0.1, 0.15) is 40.0 Å². The molecule has 178 valence electrons. The van der Waals surface area contributed by atoms with Crippen LogP contribution in [-0.2, 0) is 13.2 Å². The minimum absolute atomic E-state index is 0.148. The van der Waals surface area contributed by atoms with E-state index in [1.54, 1.807) is 19.5 Å². The van der Waals surface area contributed by atoms with Crippen LogP contribution in [0.2, 0.25) is 0 Å². The second-order valence-corrected chi connectivity index (χ2v) is 8.05. The Labute approximate surface area is 205 Å². The van der Waals surface area contributed by atoms with Crippen LogP contribution < -0.4 is 19.5 Å². The first kappa shape index (κ1) is 23.8. The molecule has 6 heteroatoms. The van der Waals surface area contributed by atoms with Crippen molar-refractivity contribution in [1.82, 2.24) is 10.3 Å². The van der Waals surface area contributed by atoms with E-state index >= 15 is 0 Å². The molecule has 0 spiro atoms. The number of amides is 1. The number of hydrogen-bond donors (Lipinski definition) is 1. The molecule has 1 N–H and O–H groups in total. The van der Waals surface area contributed by atoms with Gasteiger partial charge in [-0.3, -0.25) is 9.78 Å². The van der Waals surface area contributed by atoms with E-state index in [1.807, 2.05) is 91.9 Å². The summed E-state index contributed by atoms with van der Waals surface area (Å²) in [5.41, 5.74) is 3.51. The first-order chi connectivity index (χ1) is 17.1. The summed E-state index contributed by atoms with van der Waals surface area (Å²) in [6.45, 7) is 2.79. The van der Waals surface area contributed by atoms with E-state index in [0.29, 0.717) is 30.3 Å². The number of benzene rings is 3. The Morgan fingerprint density at radius 2 is 1.51 bits per heavy atom. The minimum Gasteiger partial charge on any atom is -0.493 e. The van der Waals surface area contributed by atoms with Gasteiger partial charge in [-0.05, 0) is 72.1 Å². The van der Waals surface area contributed by atoms with Gasteiger partial charge in [-0.1, -0.05) is 36.4 Å². The number of ether oxygens (including phenoxy) is 3. The summed E-state index contributed by atoms with van der Waals surface area (Å²) in [4.78, 5) is 16.8. The SMILES string of the molecule is COc1cc(C(C)NC(=O)c2ccc(COc3ccccc3)cc2)ccc1OCc1ccncc1. The van der Waals surface area contributed by atoms with Crippen molar-refractivity contribution in [3.8, 4) is 17.2 Å². The number of methoxy groups -OCH3 is 1. The number of rotatable bonds is 10. The Morgan fingerprint density at radius 3 is 2.23 bits per heavy atom. The van der Waals surface area contributed by atoms with Gasteiger partial charge in [0.25, 0.3) is 5.91 Å². The third-order valence-electron chi connectivity index (χ3n) is 5.54. The quantitative estimate of drug-likeness (QED) is 0.321. The van der Waals surface area contributed by atoms with Crippen molar-refractivity contribution in [2.24, 2.45) is 0 Å². The van der Waals surface area contributed by atoms with E-state index in [2.05, 4.69) is 10.3 Å². The third-order valence-corrected chi connectivity index (χ3v) is 5.54. The predicted molar refractivity (Wildman–Crippen MR) is 135 cm³/mol. The van der Waals surface area contributed by atoms with Gasteiger partial charge in [-0.15, -0.1) is 0 Å². The van der Waals surface area contributed by atoms with Crippen molar-refractivity contribution in [2.45, 2.75) is 26.2 Å². The van der Waals surface area contributed by atoms with Gasteiger partial charge < -0.3 is 19.5 Å². The molecule has 0 aliphatic heterocycles. The summed E-state index contributed by atoms with van der Waals surface area (Å²) >= 11 is 0. The van der Waals surface area contributed by atoms with Crippen LogP contribution >= 0.6 is 0 Å². The molecule has 1 unspecified atom stereocenters. The summed E-state index contributed by atoms with van der Waals surface area (Å²) in [5, 5.41) is 3.04. The predicted octanol–water partition coefficient (Wildman–Crippen LogP) is 5.74. The Kier molecular flexibility index (Phi) is 7.96. The van der Waals surface area contributed by atoms with E-state index in [-0.39, 0.29) is 11.9 Å². The van der Waals surface area contributed by atoms with Crippen LogP contribution in [0.3, 0.4) is 0 Å². The third kappa shape index (κ3) is 6.60. The normalized spacial score (nSPS) is 11.4. The number of aromatic nitrogens is 1. The van der Waals surface area contributed by atoms with Crippen LogP contribution in [0, 0.1) is 0 Å².